The number of hydrogen-bond donors (Lipinski definition) is 1. The quantitative estimate of drug-likeness (QED) is 0.798. The number of hydrogen-bond acceptors (Lipinski definition) is 2. The highest BCUT2D eigenvalue weighted by Gasteiger charge is 2.06. The van der Waals surface area contributed by atoms with Crippen LogP contribution in [0.5, 0.6) is 0 Å². The molecule has 2 aromatic carbocycles. The second-order valence-corrected chi connectivity index (χ2v) is 4.74. The van der Waals surface area contributed by atoms with Crippen LogP contribution >= 0.6 is 0 Å². The van der Waals surface area contributed by atoms with Gasteiger partial charge >= 0.3 is 0 Å². The average Bonchev–Trinajstić information content (AvgIpc) is 2.91. The van der Waals surface area contributed by atoms with Gasteiger partial charge < -0.3 is 9.88 Å². The first-order valence-electron chi connectivity index (χ1n) is 6.60. The fraction of sp³-hybridized carbons (Fsp3) is 0.0588. The molecule has 0 fully saturated rings. The van der Waals surface area contributed by atoms with Crippen LogP contribution in [0.2, 0.25) is 0 Å². The van der Waals surface area contributed by atoms with E-state index >= 15 is 0 Å². The Labute approximate surface area is 122 Å². The van der Waals surface area contributed by atoms with Gasteiger partial charge in [0.25, 0.3) is 0 Å². The second kappa shape index (κ2) is 5.51. The highest BCUT2D eigenvalue weighted by Crippen LogP contribution is 2.15. The average molecular weight is 275 g/mol. The van der Waals surface area contributed by atoms with E-state index in [4.69, 9.17) is 5.26 Å². The summed E-state index contributed by atoms with van der Waals surface area (Å²) >= 11 is 0. The van der Waals surface area contributed by atoms with Crippen molar-refractivity contribution in [3.8, 4) is 6.07 Å². The lowest BCUT2D eigenvalue weighted by molar-refractivity contribution is -0.116. The van der Waals surface area contributed by atoms with Gasteiger partial charge in [-0.15, -0.1) is 0 Å². The minimum absolute atomic E-state index is 0.119. The molecule has 1 heterocycles. The van der Waals surface area contributed by atoms with Gasteiger partial charge in [0.2, 0.25) is 5.91 Å². The molecule has 0 aliphatic heterocycles. The zero-order valence-electron chi connectivity index (χ0n) is 11.3. The van der Waals surface area contributed by atoms with E-state index in [1.54, 1.807) is 24.3 Å². The zero-order valence-corrected chi connectivity index (χ0v) is 11.3. The van der Waals surface area contributed by atoms with Crippen LogP contribution in [-0.2, 0) is 11.3 Å². The van der Waals surface area contributed by atoms with Gasteiger partial charge in [-0.05, 0) is 35.7 Å². The zero-order chi connectivity index (χ0) is 14.7. The maximum Gasteiger partial charge on any atom is 0.244 e. The highest BCUT2D eigenvalue weighted by molar-refractivity contribution is 5.92. The molecule has 3 aromatic rings. The number of nitrogens with zero attached hydrogens (tertiary/aromatic N) is 2. The molecule has 1 N–H and O–H groups in total. The molecule has 4 nitrogen and oxygen atoms in total. The first-order valence-corrected chi connectivity index (χ1v) is 6.60. The van der Waals surface area contributed by atoms with Gasteiger partial charge in [0.05, 0.1) is 11.6 Å². The molecule has 1 amide bonds. The number of nitrogens with one attached hydrogen (secondary N) is 1. The summed E-state index contributed by atoms with van der Waals surface area (Å²) < 4.78 is 1.90. The number of para-hydroxylation sites is 1. The first-order chi connectivity index (χ1) is 10.3. The Morgan fingerprint density at radius 3 is 2.86 bits per heavy atom. The third-order valence-corrected chi connectivity index (χ3v) is 3.27. The van der Waals surface area contributed by atoms with Gasteiger partial charge in [-0.25, -0.2) is 0 Å². The molecule has 1 aromatic heterocycles. The van der Waals surface area contributed by atoms with Gasteiger partial charge in [-0.1, -0.05) is 24.3 Å². The number of rotatable bonds is 3. The molecule has 0 bridgehead atoms. The van der Waals surface area contributed by atoms with Gasteiger partial charge in [0.15, 0.2) is 0 Å². The van der Waals surface area contributed by atoms with E-state index in [1.807, 2.05) is 41.1 Å². The lowest BCUT2D eigenvalue weighted by Crippen LogP contribution is -2.18. The lowest BCUT2D eigenvalue weighted by atomic mass is 10.2. The molecule has 0 atom stereocenters. The summed E-state index contributed by atoms with van der Waals surface area (Å²) in [5.74, 6) is -0.119. The molecule has 4 heteroatoms. The van der Waals surface area contributed by atoms with E-state index in [9.17, 15) is 4.79 Å². The monoisotopic (exact) mass is 275 g/mol. The van der Waals surface area contributed by atoms with Crippen molar-refractivity contribution in [2.45, 2.75) is 6.54 Å². The Morgan fingerprint density at radius 2 is 2.00 bits per heavy atom. The molecule has 0 spiro atoms. The minimum Gasteiger partial charge on any atom is -0.338 e. The summed E-state index contributed by atoms with van der Waals surface area (Å²) in [5.41, 5.74) is 2.19. The second-order valence-electron chi connectivity index (χ2n) is 4.74. The molecule has 0 aliphatic rings. The summed E-state index contributed by atoms with van der Waals surface area (Å²) in [6.07, 6.45) is 1.90. The normalized spacial score (nSPS) is 10.2. The standard InChI is InChI=1S/C17H13N3O/c18-11-13-4-3-6-15(10-13)19-17(21)12-20-9-8-14-5-1-2-7-16(14)20/h1-10H,12H2,(H,19,21). The van der Waals surface area contributed by atoms with Gasteiger partial charge in [0, 0.05) is 17.4 Å². The molecule has 21 heavy (non-hydrogen) atoms. The molecule has 0 unspecified atom stereocenters. The number of aromatic nitrogens is 1. The molecular formula is C17H13N3O. The van der Waals surface area contributed by atoms with E-state index in [1.165, 1.54) is 0 Å². The molecule has 102 valence electrons. The Hall–Kier alpha value is -3.06. The molecule has 0 saturated carbocycles. The number of anilines is 1. The third-order valence-electron chi connectivity index (χ3n) is 3.27. The Balaban J connectivity index is 1.76. The van der Waals surface area contributed by atoms with Gasteiger partial charge in [-0.2, -0.15) is 5.26 Å². The third kappa shape index (κ3) is 2.77. The van der Waals surface area contributed by atoms with Crippen LogP contribution in [-0.4, -0.2) is 10.5 Å². The number of carbonyl (C=O) groups is 1. The van der Waals surface area contributed by atoms with Crippen molar-refractivity contribution in [1.29, 1.82) is 5.26 Å². The maximum atomic E-state index is 12.1. The summed E-state index contributed by atoms with van der Waals surface area (Å²) in [4.78, 5) is 12.1. The number of nitriles is 1. The van der Waals surface area contributed by atoms with E-state index in [-0.39, 0.29) is 12.5 Å². The van der Waals surface area contributed by atoms with E-state index in [0.29, 0.717) is 11.3 Å². The molecule has 0 saturated heterocycles. The lowest BCUT2D eigenvalue weighted by Gasteiger charge is -2.07. The minimum atomic E-state index is -0.119. The summed E-state index contributed by atoms with van der Waals surface area (Å²) in [7, 11) is 0. The number of amides is 1. The predicted octanol–water partition coefficient (Wildman–Crippen LogP) is 3.15. The van der Waals surface area contributed by atoms with Crippen LogP contribution in [0.1, 0.15) is 5.56 Å². The SMILES string of the molecule is N#Cc1cccc(NC(=O)Cn2ccc3ccccc32)c1. The van der Waals surface area contributed by atoms with Crippen LogP contribution < -0.4 is 5.32 Å². The molecular weight excluding hydrogens is 262 g/mol. The topological polar surface area (TPSA) is 57.8 Å². The van der Waals surface area contributed by atoms with E-state index < -0.39 is 0 Å². The predicted molar refractivity (Wildman–Crippen MR) is 81.7 cm³/mol. The molecule has 0 radical (unpaired) electrons. The van der Waals surface area contributed by atoms with Crippen LogP contribution in [0.3, 0.4) is 0 Å². The van der Waals surface area contributed by atoms with E-state index in [0.717, 1.165) is 10.9 Å². The highest BCUT2D eigenvalue weighted by atomic mass is 16.1. The van der Waals surface area contributed by atoms with Crippen molar-refractivity contribution in [1.82, 2.24) is 4.57 Å². The van der Waals surface area contributed by atoms with Crippen LogP contribution in [0.25, 0.3) is 10.9 Å². The summed E-state index contributed by atoms with van der Waals surface area (Å²) in [5, 5.41) is 12.8. The van der Waals surface area contributed by atoms with Crippen LogP contribution in [0, 0.1) is 11.3 Å². The van der Waals surface area contributed by atoms with Crippen molar-refractivity contribution in [2.75, 3.05) is 5.32 Å². The first kappa shape index (κ1) is 12.9. The van der Waals surface area contributed by atoms with Crippen molar-refractivity contribution in [3.63, 3.8) is 0 Å². The molecule has 3 rings (SSSR count). The Morgan fingerprint density at radius 1 is 1.14 bits per heavy atom. The number of carbonyl (C=O) groups excluding carboxylic acids is 1. The van der Waals surface area contributed by atoms with Crippen molar-refractivity contribution in [3.05, 3.63) is 66.4 Å². The van der Waals surface area contributed by atoms with Gasteiger partial charge in [0.1, 0.15) is 6.54 Å². The fourth-order valence-electron chi connectivity index (χ4n) is 2.30. The van der Waals surface area contributed by atoms with Crippen molar-refractivity contribution < 1.29 is 4.79 Å². The van der Waals surface area contributed by atoms with Gasteiger partial charge in [-0.3, -0.25) is 4.79 Å². The smallest absolute Gasteiger partial charge is 0.244 e. The summed E-state index contributed by atoms with van der Waals surface area (Å²) in [6, 6.07) is 18.8. The van der Waals surface area contributed by atoms with Crippen molar-refractivity contribution >= 4 is 22.5 Å². The Kier molecular flexibility index (Phi) is 3.40. The fourth-order valence-corrected chi connectivity index (χ4v) is 2.30. The van der Waals surface area contributed by atoms with E-state index in [2.05, 4.69) is 11.4 Å². The van der Waals surface area contributed by atoms with Crippen LogP contribution in [0.15, 0.2) is 60.8 Å². The maximum absolute atomic E-state index is 12.1. The van der Waals surface area contributed by atoms with Crippen molar-refractivity contribution in [2.24, 2.45) is 0 Å². The molecule has 0 aliphatic carbocycles. The van der Waals surface area contributed by atoms with Crippen LogP contribution in [0.4, 0.5) is 5.69 Å². The number of benzene rings is 2. The summed E-state index contributed by atoms with van der Waals surface area (Å²) in [6.45, 7) is 0.240. The number of fused-ring (bicyclic) bond motifs is 1. The largest absolute Gasteiger partial charge is 0.338 e. The Bertz CT molecular complexity index is 842.